The summed E-state index contributed by atoms with van der Waals surface area (Å²) in [5, 5.41) is 3.35. The number of halogens is 3. The fraction of sp³-hybridized carbons (Fsp3) is 0.429. The molecule has 1 aromatic carbocycles. The van der Waals surface area contributed by atoms with Crippen LogP contribution in [0.3, 0.4) is 0 Å². The summed E-state index contributed by atoms with van der Waals surface area (Å²) in [5.74, 6) is 2.14. The minimum Gasteiger partial charge on any atom is -0.493 e. The fourth-order valence-electron chi connectivity index (χ4n) is 3.40. The summed E-state index contributed by atoms with van der Waals surface area (Å²) in [5.41, 5.74) is 0.870. The largest absolute Gasteiger partial charge is 0.493 e. The number of nitrogens with one attached hydrogen (secondary N) is 1. The van der Waals surface area contributed by atoms with Crippen molar-refractivity contribution in [1.82, 2.24) is 15.2 Å². The van der Waals surface area contributed by atoms with Gasteiger partial charge in [-0.3, -0.25) is 4.99 Å². The highest BCUT2D eigenvalue weighted by atomic mass is 127. The average molecular weight is 547 g/mol. The molecule has 2 heterocycles. The number of anilines is 1. The van der Waals surface area contributed by atoms with Gasteiger partial charge in [-0.2, -0.15) is 8.78 Å². The van der Waals surface area contributed by atoms with E-state index in [2.05, 4.69) is 29.8 Å². The van der Waals surface area contributed by atoms with Crippen molar-refractivity contribution in [2.75, 3.05) is 51.8 Å². The Kier molecular flexibility index (Phi) is 10.0. The van der Waals surface area contributed by atoms with Crippen molar-refractivity contribution in [1.29, 1.82) is 0 Å². The van der Waals surface area contributed by atoms with Crippen LogP contribution < -0.4 is 19.7 Å². The zero-order valence-corrected chi connectivity index (χ0v) is 20.0. The number of pyridine rings is 1. The number of alkyl halides is 2. The van der Waals surface area contributed by atoms with Crippen LogP contribution in [0.2, 0.25) is 0 Å². The van der Waals surface area contributed by atoms with E-state index in [-0.39, 0.29) is 35.5 Å². The van der Waals surface area contributed by atoms with E-state index in [4.69, 9.17) is 4.74 Å². The van der Waals surface area contributed by atoms with Crippen LogP contribution in [0.5, 0.6) is 11.5 Å². The normalized spacial score (nSPS) is 14.3. The van der Waals surface area contributed by atoms with Gasteiger partial charge in [0.2, 0.25) is 0 Å². The SMILES string of the molecule is CN=C(NCCc1ccc(OC)c(OC(F)F)c1)N1CCN(c2ccccn2)CC1.I. The monoisotopic (exact) mass is 547 g/mol. The number of aromatic nitrogens is 1. The van der Waals surface area contributed by atoms with Crippen molar-refractivity contribution in [2.24, 2.45) is 4.99 Å². The Bertz CT molecular complexity index is 834. The molecule has 0 unspecified atom stereocenters. The molecule has 1 aromatic heterocycles. The maximum Gasteiger partial charge on any atom is 0.387 e. The first-order chi connectivity index (χ1) is 14.6. The van der Waals surface area contributed by atoms with Crippen molar-refractivity contribution in [3.05, 3.63) is 48.2 Å². The Balaban J connectivity index is 0.00000341. The molecule has 0 aliphatic carbocycles. The number of hydrogen-bond donors (Lipinski definition) is 1. The number of ether oxygens (including phenoxy) is 2. The molecule has 1 aliphatic rings. The highest BCUT2D eigenvalue weighted by Crippen LogP contribution is 2.29. The zero-order valence-electron chi connectivity index (χ0n) is 17.6. The van der Waals surface area contributed by atoms with Gasteiger partial charge in [0.05, 0.1) is 7.11 Å². The summed E-state index contributed by atoms with van der Waals surface area (Å²) in [6.45, 7) is 1.13. The Morgan fingerprint density at radius 2 is 1.94 bits per heavy atom. The third-order valence-corrected chi connectivity index (χ3v) is 4.91. The number of guanidine groups is 1. The maximum absolute atomic E-state index is 12.6. The minimum absolute atomic E-state index is 0. The molecule has 1 fully saturated rings. The van der Waals surface area contributed by atoms with Gasteiger partial charge >= 0.3 is 6.61 Å². The highest BCUT2D eigenvalue weighted by Gasteiger charge is 2.20. The molecule has 170 valence electrons. The van der Waals surface area contributed by atoms with Gasteiger partial charge in [-0.1, -0.05) is 12.1 Å². The van der Waals surface area contributed by atoms with Crippen LogP contribution in [0.1, 0.15) is 5.56 Å². The van der Waals surface area contributed by atoms with Gasteiger partial charge < -0.3 is 24.6 Å². The lowest BCUT2D eigenvalue weighted by Gasteiger charge is -2.37. The van der Waals surface area contributed by atoms with Crippen molar-refractivity contribution >= 4 is 35.8 Å². The number of nitrogens with zero attached hydrogens (tertiary/aromatic N) is 4. The van der Waals surface area contributed by atoms with E-state index in [0.717, 1.165) is 43.5 Å². The van der Waals surface area contributed by atoms with E-state index in [1.165, 1.54) is 7.11 Å². The van der Waals surface area contributed by atoms with E-state index in [1.807, 2.05) is 24.3 Å². The van der Waals surface area contributed by atoms with Crippen LogP contribution >= 0.6 is 24.0 Å². The summed E-state index contributed by atoms with van der Waals surface area (Å²) in [7, 11) is 3.18. The number of hydrogen-bond acceptors (Lipinski definition) is 5. The summed E-state index contributed by atoms with van der Waals surface area (Å²) in [6, 6.07) is 11.0. The molecule has 2 aromatic rings. The average Bonchev–Trinajstić information content (AvgIpc) is 2.77. The van der Waals surface area contributed by atoms with Gasteiger partial charge in [-0.15, -0.1) is 24.0 Å². The summed E-state index contributed by atoms with van der Waals surface area (Å²) in [4.78, 5) is 13.2. The minimum atomic E-state index is -2.89. The van der Waals surface area contributed by atoms with Crippen LogP contribution in [0.25, 0.3) is 0 Å². The number of methoxy groups -OCH3 is 1. The second-order valence-corrected chi connectivity index (χ2v) is 6.75. The van der Waals surface area contributed by atoms with E-state index in [1.54, 1.807) is 25.4 Å². The molecule has 0 bridgehead atoms. The molecule has 0 saturated carbocycles. The van der Waals surface area contributed by atoms with E-state index >= 15 is 0 Å². The van der Waals surface area contributed by atoms with Gasteiger partial charge in [0, 0.05) is 46.0 Å². The number of benzene rings is 1. The van der Waals surface area contributed by atoms with Crippen molar-refractivity contribution in [2.45, 2.75) is 13.0 Å². The predicted octanol–water partition coefficient (Wildman–Crippen LogP) is 3.25. The summed E-state index contributed by atoms with van der Waals surface area (Å²) >= 11 is 0. The molecule has 1 aliphatic heterocycles. The van der Waals surface area contributed by atoms with Crippen LogP contribution in [-0.2, 0) is 6.42 Å². The summed E-state index contributed by atoms with van der Waals surface area (Å²) < 4.78 is 34.8. The molecule has 1 N–H and O–H groups in total. The van der Waals surface area contributed by atoms with Crippen LogP contribution in [-0.4, -0.2) is 69.3 Å². The fourth-order valence-corrected chi connectivity index (χ4v) is 3.40. The van der Waals surface area contributed by atoms with E-state index < -0.39 is 6.61 Å². The van der Waals surface area contributed by atoms with E-state index in [9.17, 15) is 8.78 Å². The summed E-state index contributed by atoms with van der Waals surface area (Å²) in [6.07, 6.45) is 2.44. The molecule has 0 amide bonds. The topological polar surface area (TPSA) is 62.2 Å². The molecular formula is C21H28F2IN5O2. The van der Waals surface area contributed by atoms with Gasteiger partial charge in [0.1, 0.15) is 5.82 Å². The first-order valence-corrected chi connectivity index (χ1v) is 9.84. The quantitative estimate of drug-likeness (QED) is 0.327. The number of piperazine rings is 1. The molecule has 0 radical (unpaired) electrons. The van der Waals surface area contributed by atoms with Crippen molar-refractivity contribution < 1.29 is 18.3 Å². The molecule has 3 rings (SSSR count). The van der Waals surface area contributed by atoms with Gasteiger partial charge in [-0.05, 0) is 36.2 Å². The third kappa shape index (κ3) is 7.08. The first kappa shape index (κ1) is 24.9. The van der Waals surface area contributed by atoms with Gasteiger partial charge in [0.25, 0.3) is 0 Å². The Morgan fingerprint density at radius 1 is 1.16 bits per heavy atom. The lowest BCUT2D eigenvalue weighted by Crippen LogP contribution is -2.53. The number of aliphatic imine (C=N–C) groups is 1. The van der Waals surface area contributed by atoms with Gasteiger partial charge in [-0.25, -0.2) is 4.98 Å². The molecular weight excluding hydrogens is 519 g/mol. The van der Waals surface area contributed by atoms with Gasteiger partial charge in [0.15, 0.2) is 17.5 Å². The highest BCUT2D eigenvalue weighted by molar-refractivity contribution is 14.0. The standard InChI is InChI=1S/C21H27F2N5O2.HI/c1-24-21(28-13-11-27(12-14-28)19-5-3-4-9-25-19)26-10-8-16-6-7-17(29-2)18(15-16)30-20(22)23;/h3-7,9,15,20H,8,10-14H2,1-2H3,(H,24,26);1H. The van der Waals surface area contributed by atoms with Crippen molar-refractivity contribution in [3.63, 3.8) is 0 Å². The second-order valence-electron chi connectivity index (χ2n) is 6.75. The van der Waals surface area contributed by atoms with Crippen LogP contribution in [0.15, 0.2) is 47.6 Å². The van der Waals surface area contributed by atoms with E-state index in [0.29, 0.717) is 13.0 Å². The first-order valence-electron chi connectivity index (χ1n) is 9.84. The number of rotatable bonds is 7. The molecule has 10 heteroatoms. The Labute approximate surface area is 198 Å². The zero-order chi connectivity index (χ0) is 21.3. The molecule has 7 nitrogen and oxygen atoms in total. The third-order valence-electron chi connectivity index (χ3n) is 4.91. The lowest BCUT2D eigenvalue weighted by molar-refractivity contribution is -0.0512. The molecule has 1 saturated heterocycles. The smallest absolute Gasteiger partial charge is 0.387 e. The van der Waals surface area contributed by atoms with Crippen LogP contribution in [0, 0.1) is 0 Å². The Hall–Kier alpha value is -2.37. The van der Waals surface area contributed by atoms with Crippen molar-refractivity contribution in [3.8, 4) is 11.5 Å². The Morgan fingerprint density at radius 3 is 2.55 bits per heavy atom. The molecule has 0 spiro atoms. The molecule has 0 atom stereocenters. The second kappa shape index (κ2) is 12.5. The lowest BCUT2D eigenvalue weighted by atomic mass is 10.1. The van der Waals surface area contributed by atoms with Crippen LogP contribution in [0.4, 0.5) is 14.6 Å². The molecule has 31 heavy (non-hydrogen) atoms. The predicted molar refractivity (Wildman–Crippen MR) is 128 cm³/mol. The maximum atomic E-state index is 12.6.